The van der Waals surface area contributed by atoms with Crippen LogP contribution in [0.15, 0.2) is 30.3 Å². The quantitative estimate of drug-likeness (QED) is 0.562. The van der Waals surface area contributed by atoms with Crippen molar-refractivity contribution < 1.29 is 4.74 Å². The van der Waals surface area contributed by atoms with E-state index in [-0.39, 0.29) is 6.04 Å². The zero-order valence-corrected chi connectivity index (χ0v) is 8.39. The number of nitrogens with zero attached hydrogens (tertiary/aromatic N) is 2. The van der Waals surface area contributed by atoms with E-state index >= 15 is 0 Å². The molecule has 80 valence electrons. The molecule has 1 unspecified atom stereocenters. The van der Waals surface area contributed by atoms with Crippen LogP contribution in [0.4, 0.5) is 0 Å². The third-order valence-electron chi connectivity index (χ3n) is 2.44. The van der Waals surface area contributed by atoms with Gasteiger partial charge in [0, 0.05) is 6.20 Å². The van der Waals surface area contributed by atoms with Gasteiger partial charge < -0.3 is 4.74 Å². The average Bonchev–Trinajstić information content (AvgIpc) is 2.33. The summed E-state index contributed by atoms with van der Waals surface area (Å²) in [6, 6.07) is 1.87. The van der Waals surface area contributed by atoms with Crippen LogP contribution in [-0.4, -0.2) is 16.8 Å². The van der Waals surface area contributed by atoms with Crippen LogP contribution >= 0.6 is 0 Å². The van der Waals surface area contributed by atoms with Crippen LogP contribution in [0.2, 0.25) is 0 Å². The van der Waals surface area contributed by atoms with E-state index < -0.39 is 0 Å². The van der Waals surface area contributed by atoms with E-state index in [1.807, 2.05) is 6.07 Å². The van der Waals surface area contributed by atoms with Crippen LogP contribution in [-0.2, 0) is 4.74 Å². The third-order valence-corrected chi connectivity index (χ3v) is 2.44. The molecule has 15 heavy (non-hydrogen) atoms. The summed E-state index contributed by atoms with van der Waals surface area (Å²) in [5.74, 6) is 5.54. The molecular weight excluding hydrogens is 192 g/mol. The zero-order valence-electron chi connectivity index (χ0n) is 8.39. The SMILES string of the molecule is NNC(C1=COCCC1)c1ccnnc1. The lowest BCUT2D eigenvalue weighted by Gasteiger charge is -2.22. The van der Waals surface area contributed by atoms with Gasteiger partial charge in [-0.1, -0.05) is 0 Å². The minimum absolute atomic E-state index is 0.0270. The maximum atomic E-state index is 5.54. The Hall–Kier alpha value is -1.46. The number of hydrogen-bond donors (Lipinski definition) is 2. The van der Waals surface area contributed by atoms with Crippen LogP contribution in [0.5, 0.6) is 0 Å². The second kappa shape index (κ2) is 4.86. The summed E-state index contributed by atoms with van der Waals surface area (Å²) in [5, 5.41) is 7.57. The highest BCUT2D eigenvalue weighted by Crippen LogP contribution is 2.25. The Morgan fingerprint density at radius 1 is 1.47 bits per heavy atom. The third kappa shape index (κ3) is 2.31. The van der Waals surface area contributed by atoms with E-state index in [1.165, 1.54) is 0 Å². The number of nitrogens with two attached hydrogens (primary N) is 1. The summed E-state index contributed by atoms with van der Waals surface area (Å²) in [6.45, 7) is 0.787. The Balaban J connectivity index is 2.20. The first-order valence-electron chi connectivity index (χ1n) is 4.95. The summed E-state index contributed by atoms with van der Waals surface area (Å²) < 4.78 is 5.29. The van der Waals surface area contributed by atoms with Gasteiger partial charge in [0.25, 0.3) is 0 Å². The Bertz CT molecular complexity index is 339. The number of aromatic nitrogens is 2. The van der Waals surface area contributed by atoms with Gasteiger partial charge in [0.1, 0.15) is 0 Å². The molecule has 1 atom stereocenters. The molecule has 0 saturated carbocycles. The second-order valence-corrected chi connectivity index (χ2v) is 3.44. The van der Waals surface area contributed by atoms with Gasteiger partial charge in [-0.15, -0.1) is 0 Å². The van der Waals surface area contributed by atoms with Crippen LogP contribution in [0.3, 0.4) is 0 Å². The van der Waals surface area contributed by atoms with E-state index in [4.69, 9.17) is 10.6 Å². The minimum atomic E-state index is -0.0270. The first-order valence-corrected chi connectivity index (χ1v) is 4.95. The first-order chi connectivity index (χ1) is 7.42. The normalized spacial score (nSPS) is 17.8. The monoisotopic (exact) mass is 206 g/mol. The fourth-order valence-corrected chi connectivity index (χ4v) is 1.69. The van der Waals surface area contributed by atoms with Gasteiger partial charge in [0.2, 0.25) is 0 Å². The van der Waals surface area contributed by atoms with Crippen molar-refractivity contribution in [3.8, 4) is 0 Å². The van der Waals surface area contributed by atoms with Crippen molar-refractivity contribution >= 4 is 0 Å². The minimum Gasteiger partial charge on any atom is -0.501 e. The average molecular weight is 206 g/mol. The predicted molar refractivity (Wildman–Crippen MR) is 55.4 cm³/mol. The largest absolute Gasteiger partial charge is 0.501 e. The Kier molecular flexibility index (Phi) is 3.26. The number of hydrogen-bond acceptors (Lipinski definition) is 5. The lowest BCUT2D eigenvalue weighted by atomic mass is 9.97. The zero-order chi connectivity index (χ0) is 10.5. The van der Waals surface area contributed by atoms with Crippen molar-refractivity contribution in [3.05, 3.63) is 35.9 Å². The van der Waals surface area contributed by atoms with Crippen molar-refractivity contribution in [1.82, 2.24) is 15.6 Å². The van der Waals surface area contributed by atoms with Gasteiger partial charge >= 0.3 is 0 Å². The molecule has 0 fully saturated rings. The lowest BCUT2D eigenvalue weighted by molar-refractivity contribution is 0.219. The molecule has 2 rings (SSSR count). The first kappa shape index (κ1) is 10.1. The molecule has 0 saturated heterocycles. The van der Waals surface area contributed by atoms with Crippen LogP contribution in [0.25, 0.3) is 0 Å². The molecule has 5 heteroatoms. The van der Waals surface area contributed by atoms with Gasteiger partial charge in [-0.25, -0.2) is 5.43 Å². The molecule has 5 nitrogen and oxygen atoms in total. The predicted octanol–water partition coefficient (Wildman–Crippen LogP) is 0.675. The summed E-state index contributed by atoms with van der Waals surface area (Å²) >= 11 is 0. The summed E-state index contributed by atoms with van der Waals surface area (Å²) in [5.41, 5.74) is 4.93. The van der Waals surface area contributed by atoms with E-state index in [1.54, 1.807) is 18.7 Å². The molecule has 0 radical (unpaired) electrons. The maximum absolute atomic E-state index is 5.54. The number of nitrogens with one attached hydrogen (secondary N) is 1. The molecule has 1 aliphatic rings. The molecule has 0 aliphatic carbocycles. The van der Waals surface area contributed by atoms with E-state index in [0.29, 0.717) is 0 Å². The van der Waals surface area contributed by atoms with Gasteiger partial charge in [-0.3, -0.25) is 5.84 Å². The van der Waals surface area contributed by atoms with Crippen LogP contribution in [0.1, 0.15) is 24.4 Å². The summed E-state index contributed by atoms with van der Waals surface area (Å²) in [7, 11) is 0. The van der Waals surface area contributed by atoms with Crippen molar-refractivity contribution in [2.24, 2.45) is 5.84 Å². The molecule has 0 spiro atoms. The highest BCUT2D eigenvalue weighted by Gasteiger charge is 2.17. The van der Waals surface area contributed by atoms with Crippen LogP contribution in [0, 0.1) is 0 Å². The molecular formula is C10H14N4O. The van der Waals surface area contributed by atoms with Crippen molar-refractivity contribution in [2.45, 2.75) is 18.9 Å². The van der Waals surface area contributed by atoms with Gasteiger partial charge in [0.05, 0.1) is 25.1 Å². The maximum Gasteiger partial charge on any atom is 0.0876 e. The summed E-state index contributed by atoms with van der Waals surface area (Å²) in [6.07, 6.45) is 7.18. The van der Waals surface area contributed by atoms with Gasteiger partial charge in [-0.2, -0.15) is 10.2 Å². The van der Waals surface area contributed by atoms with E-state index in [0.717, 1.165) is 30.6 Å². The molecule has 0 amide bonds. The Morgan fingerprint density at radius 2 is 2.40 bits per heavy atom. The number of rotatable bonds is 3. The topological polar surface area (TPSA) is 73.1 Å². The Labute approximate surface area is 88.3 Å². The fraction of sp³-hybridized carbons (Fsp3) is 0.400. The van der Waals surface area contributed by atoms with Gasteiger partial charge in [0.15, 0.2) is 0 Å². The summed E-state index contributed by atoms with van der Waals surface area (Å²) in [4.78, 5) is 0. The smallest absolute Gasteiger partial charge is 0.0876 e. The lowest BCUT2D eigenvalue weighted by Crippen LogP contribution is -2.30. The molecule has 2 heterocycles. The van der Waals surface area contributed by atoms with Gasteiger partial charge in [-0.05, 0) is 30.0 Å². The molecule has 1 aromatic rings. The van der Waals surface area contributed by atoms with Crippen molar-refractivity contribution in [1.29, 1.82) is 0 Å². The molecule has 3 N–H and O–H groups in total. The highest BCUT2D eigenvalue weighted by molar-refractivity contribution is 5.24. The molecule has 0 aromatic carbocycles. The fourth-order valence-electron chi connectivity index (χ4n) is 1.69. The number of ether oxygens (including phenoxy) is 1. The van der Waals surface area contributed by atoms with E-state index in [2.05, 4.69) is 15.6 Å². The van der Waals surface area contributed by atoms with E-state index in [9.17, 15) is 0 Å². The molecule has 0 bridgehead atoms. The molecule has 1 aromatic heterocycles. The Morgan fingerprint density at radius 3 is 3.00 bits per heavy atom. The van der Waals surface area contributed by atoms with Crippen molar-refractivity contribution in [3.63, 3.8) is 0 Å². The molecule has 1 aliphatic heterocycles. The standard InChI is InChI=1S/C10H14N4O/c11-14-10(8-3-4-12-13-6-8)9-2-1-5-15-7-9/h3-4,6-7,10,14H,1-2,5,11H2. The van der Waals surface area contributed by atoms with Crippen LogP contribution < -0.4 is 11.3 Å². The van der Waals surface area contributed by atoms with Crippen molar-refractivity contribution in [2.75, 3.05) is 6.61 Å². The highest BCUT2D eigenvalue weighted by atomic mass is 16.5. The number of hydrazine groups is 1. The second-order valence-electron chi connectivity index (χ2n) is 3.44.